The number of methoxy groups -OCH3 is 1. The molecule has 1 aromatic heterocycles. The van der Waals surface area contributed by atoms with Gasteiger partial charge in [0.25, 0.3) is 0 Å². The van der Waals surface area contributed by atoms with Gasteiger partial charge in [-0.2, -0.15) is 5.10 Å². The second-order valence-corrected chi connectivity index (χ2v) is 5.12. The van der Waals surface area contributed by atoms with Gasteiger partial charge in [0, 0.05) is 25.3 Å². The van der Waals surface area contributed by atoms with Gasteiger partial charge in [0.15, 0.2) is 0 Å². The van der Waals surface area contributed by atoms with Crippen molar-refractivity contribution in [2.24, 2.45) is 5.92 Å². The van der Waals surface area contributed by atoms with Crippen LogP contribution in [0.25, 0.3) is 0 Å². The van der Waals surface area contributed by atoms with Crippen LogP contribution in [0.4, 0.5) is 0 Å². The van der Waals surface area contributed by atoms with E-state index in [4.69, 9.17) is 4.74 Å². The largest absolute Gasteiger partial charge is 0.469 e. The summed E-state index contributed by atoms with van der Waals surface area (Å²) in [7, 11) is 1.45. The van der Waals surface area contributed by atoms with Crippen molar-refractivity contribution in [1.82, 2.24) is 14.7 Å². The van der Waals surface area contributed by atoms with Crippen LogP contribution in [-0.4, -0.2) is 40.8 Å². The minimum atomic E-state index is -0.0924. The van der Waals surface area contributed by atoms with Crippen LogP contribution >= 0.6 is 0 Å². The van der Waals surface area contributed by atoms with Crippen LogP contribution < -0.4 is 0 Å². The van der Waals surface area contributed by atoms with Crippen molar-refractivity contribution in [1.29, 1.82) is 0 Å². The lowest BCUT2D eigenvalue weighted by Gasteiger charge is -2.13. The van der Waals surface area contributed by atoms with Gasteiger partial charge in [0.1, 0.15) is 0 Å². The Morgan fingerprint density at radius 2 is 2.39 bits per heavy atom. The van der Waals surface area contributed by atoms with E-state index in [1.807, 2.05) is 16.9 Å². The summed E-state index contributed by atoms with van der Waals surface area (Å²) in [5.41, 5.74) is 1.06. The molecule has 1 fully saturated rings. The van der Waals surface area contributed by atoms with Crippen molar-refractivity contribution < 1.29 is 9.53 Å². The van der Waals surface area contributed by atoms with Crippen LogP contribution in [0.1, 0.15) is 32.0 Å². The first kappa shape index (κ1) is 13.1. The highest BCUT2D eigenvalue weighted by molar-refractivity contribution is 5.72. The molecule has 1 aliphatic heterocycles. The number of carbonyl (C=O) groups is 1. The third kappa shape index (κ3) is 2.90. The Morgan fingerprint density at radius 3 is 3.00 bits per heavy atom. The summed E-state index contributed by atoms with van der Waals surface area (Å²) in [4.78, 5) is 13.7. The number of rotatable bonds is 4. The molecular formula is C13H21N3O2. The highest BCUT2D eigenvalue weighted by Gasteiger charge is 2.29. The molecule has 0 N–H and O–H groups in total. The van der Waals surface area contributed by atoms with E-state index in [9.17, 15) is 4.79 Å². The minimum absolute atomic E-state index is 0.0298. The molecule has 2 heterocycles. The molecule has 0 saturated carbocycles. The molecule has 1 aromatic rings. The average molecular weight is 251 g/mol. The molecular weight excluding hydrogens is 230 g/mol. The molecule has 0 spiro atoms. The predicted octanol–water partition coefficient (Wildman–Crippen LogP) is 1.46. The SMILES string of the molecule is COC(=O)C1CCN(Cc2ccn(C(C)C)n2)C1. The quantitative estimate of drug-likeness (QED) is 0.760. The number of aromatic nitrogens is 2. The van der Waals surface area contributed by atoms with Gasteiger partial charge >= 0.3 is 5.97 Å². The predicted molar refractivity (Wildman–Crippen MR) is 68.0 cm³/mol. The van der Waals surface area contributed by atoms with E-state index in [0.29, 0.717) is 6.04 Å². The Labute approximate surface area is 108 Å². The van der Waals surface area contributed by atoms with Gasteiger partial charge in [0.2, 0.25) is 0 Å². The van der Waals surface area contributed by atoms with Gasteiger partial charge in [-0.3, -0.25) is 14.4 Å². The van der Waals surface area contributed by atoms with Crippen molar-refractivity contribution in [2.75, 3.05) is 20.2 Å². The van der Waals surface area contributed by atoms with Crippen molar-refractivity contribution in [2.45, 2.75) is 32.9 Å². The monoisotopic (exact) mass is 251 g/mol. The molecule has 5 nitrogen and oxygen atoms in total. The fraction of sp³-hybridized carbons (Fsp3) is 0.692. The average Bonchev–Trinajstić information content (AvgIpc) is 2.98. The summed E-state index contributed by atoms with van der Waals surface area (Å²) in [5.74, 6) is -0.0626. The van der Waals surface area contributed by atoms with Crippen molar-refractivity contribution in [3.05, 3.63) is 18.0 Å². The highest BCUT2D eigenvalue weighted by Crippen LogP contribution is 2.19. The van der Waals surface area contributed by atoms with E-state index in [2.05, 4.69) is 23.8 Å². The zero-order chi connectivity index (χ0) is 13.1. The van der Waals surface area contributed by atoms with Crippen LogP contribution in [0.3, 0.4) is 0 Å². The molecule has 0 aromatic carbocycles. The number of carbonyl (C=O) groups excluding carboxylic acids is 1. The first-order chi connectivity index (χ1) is 8.60. The Morgan fingerprint density at radius 1 is 1.61 bits per heavy atom. The van der Waals surface area contributed by atoms with Gasteiger partial charge < -0.3 is 4.74 Å². The molecule has 1 unspecified atom stereocenters. The number of likely N-dealkylation sites (tertiary alicyclic amines) is 1. The van der Waals surface area contributed by atoms with E-state index in [1.165, 1.54) is 7.11 Å². The second kappa shape index (κ2) is 5.52. The Bertz CT molecular complexity index is 414. The molecule has 1 atom stereocenters. The van der Waals surface area contributed by atoms with Gasteiger partial charge in [-0.1, -0.05) is 0 Å². The van der Waals surface area contributed by atoms with Gasteiger partial charge in [0.05, 0.1) is 18.7 Å². The van der Waals surface area contributed by atoms with Gasteiger partial charge in [-0.15, -0.1) is 0 Å². The number of nitrogens with zero attached hydrogens (tertiary/aromatic N) is 3. The zero-order valence-electron chi connectivity index (χ0n) is 11.3. The summed E-state index contributed by atoms with van der Waals surface area (Å²) in [6.07, 6.45) is 2.89. The lowest BCUT2D eigenvalue weighted by molar-refractivity contribution is -0.144. The van der Waals surface area contributed by atoms with Gasteiger partial charge in [-0.25, -0.2) is 0 Å². The van der Waals surface area contributed by atoms with Crippen molar-refractivity contribution in [3.8, 4) is 0 Å². The van der Waals surface area contributed by atoms with E-state index in [-0.39, 0.29) is 11.9 Å². The molecule has 18 heavy (non-hydrogen) atoms. The molecule has 0 radical (unpaired) electrons. The molecule has 0 aliphatic carbocycles. The lowest BCUT2D eigenvalue weighted by Crippen LogP contribution is -2.24. The molecule has 100 valence electrons. The van der Waals surface area contributed by atoms with E-state index < -0.39 is 0 Å². The Hall–Kier alpha value is -1.36. The highest BCUT2D eigenvalue weighted by atomic mass is 16.5. The van der Waals surface area contributed by atoms with Crippen LogP contribution in [0.5, 0.6) is 0 Å². The second-order valence-electron chi connectivity index (χ2n) is 5.12. The molecule has 0 amide bonds. The standard InChI is InChI=1S/C13H21N3O2/c1-10(2)16-7-5-12(14-16)9-15-6-4-11(8-15)13(17)18-3/h5,7,10-11H,4,6,8-9H2,1-3H3. The minimum Gasteiger partial charge on any atom is -0.469 e. The van der Waals surface area contributed by atoms with E-state index in [1.54, 1.807) is 0 Å². The Balaban J connectivity index is 1.89. The maximum Gasteiger partial charge on any atom is 0.310 e. The number of ether oxygens (including phenoxy) is 1. The van der Waals surface area contributed by atoms with Crippen molar-refractivity contribution in [3.63, 3.8) is 0 Å². The molecule has 1 saturated heterocycles. The third-order valence-corrected chi connectivity index (χ3v) is 3.39. The molecule has 0 bridgehead atoms. The molecule has 5 heteroatoms. The molecule has 2 rings (SSSR count). The third-order valence-electron chi connectivity index (χ3n) is 3.39. The first-order valence-corrected chi connectivity index (χ1v) is 6.44. The maximum absolute atomic E-state index is 11.4. The van der Waals surface area contributed by atoms with Crippen LogP contribution in [0.2, 0.25) is 0 Å². The summed E-state index contributed by atoms with van der Waals surface area (Å²) < 4.78 is 6.74. The van der Waals surface area contributed by atoms with Crippen LogP contribution in [0.15, 0.2) is 12.3 Å². The maximum atomic E-state index is 11.4. The first-order valence-electron chi connectivity index (χ1n) is 6.44. The zero-order valence-corrected chi connectivity index (χ0v) is 11.3. The van der Waals surface area contributed by atoms with Crippen LogP contribution in [-0.2, 0) is 16.1 Å². The van der Waals surface area contributed by atoms with Crippen LogP contribution in [0, 0.1) is 5.92 Å². The summed E-state index contributed by atoms with van der Waals surface area (Å²) in [6.45, 7) is 6.75. The summed E-state index contributed by atoms with van der Waals surface area (Å²) in [6, 6.07) is 2.44. The van der Waals surface area contributed by atoms with Crippen molar-refractivity contribution >= 4 is 5.97 Å². The normalized spacial score (nSPS) is 20.6. The van der Waals surface area contributed by atoms with E-state index in [0.717, 1.165) is 31.7 Å². The summed E-state index contributed by atoms with van der Waals surface area (Å²) in [5, 5.41) is 4.52. The number of hydrogen-bond donors (Lipinski definition) is 0. The summed E-state index contributed by atoms with van der Waals surface area (Å²) >= 11 is 0. The van der Waals surface area contributed by atoms with Gasteiger partial charge in [-0.05, 0) is 32.9 Å². The smallest absolute Gasteiger partial charge is 0.310 e. The fourth-order valence-corrected chi connectivity index (χ4v) is 2.31. The fourth-order valence-electron chi connectivity index (χ4n) is 2.31. The number of esters is 1. The lowest BCUT2D eigenvalue weighted by atomic mass is 10.1. The topological polar surface area (TPSA) is 47.4 Å². The Kier molecular flexibility index (Phi) is 4.01. The van der Waals surface area contributed by atoms with E-state index >= 15 is 0 Å². The number of hydrogen-bond acceptors (Lipinski definition) is 4. The molecule has 1 aliphatic rings.